The van der Waals surface area contributed by atoms with Crippen molar-refractivity contribution in [2.75, 3.05) is 7.11 Å². The zero-order chi connectivity index (χ0) is 9.68. The Bertz CT molecular complexity index is 335. The van der Waals surface area contributed by atoms with Gasteiger partial charge in [-0.3, -0.25) is 0 Å². The number of methoxy groups -OCH3 is 1. The Morgan fingerprint density at radius 2 is 2.13 bits per heavy atom. The van der Waals surface area contributed by atoms with Crippen molar-refractivity contribution in [3.05, 3.63) is 37.3 Å². The third kappa shape index (κ3) is 5.10. The molecule has 0 aliphatic carbocycles. The fraction of sp³-hybridized carbons (Fsp3) is 0.0909. The Morgan fingerprint density at radius 1 is 1.47 bits per heavy atom. The van der Waals surface area contributed by atoms with Gasteiger partial charge in [-0.2, -0.15) is 12.2 Å². The third-order valence-corrected chi connectivity index (χ3v) is 1.55. The molecule has 0 atom stereocenters. The van der Waals surface area contributed by atoms with Gasteiger partial charge >= 0.3 is 0 Å². The van der Waals surface area contributed by atoms with Crippen LogP contribution in [0.15, 0.2) is 24.3 Å². The van der Waals surface area contributed by atoms with Crippen LogP contribution in [0.2, 0.25) is 0 Å². The molecule has 3 nitrogen and oxygen atoms in total. The molecule has 0 bridgehead atoms. The molecule has 0 saturated carbocycles. The van der Waals surface area contributed by atoms with Crippen LogP contribution in [-0.2, 0) is 37.5 Å². The second kappa shape index (κ2) is 8.63. The van der Waals surface area contributed by atoms with E-state index in [0.717, 1.165) is 5.56 Å². The van der Waals surface area contributed by atoms with E-state index in [2.05, 4.69) is 0 Å². The van der Waals surface area contributed by atoms with Crippen molar-refractivity contribution >= 4 is 12.4 Å². The Hall–Kier alpha value is -0.666. The Balaban J connectivity index is 0. The fourth-order valence-corrected chi connectivity index (χ4v) is 0.928. The van der Waals surface area contributed by atoms with E-state index in [9.17, 15) is 9.90 Å². The Labute approximate surface area is 115 Å². The molecule has 15 heavy (non-hydrogen) atoms. The zero-order valence-corrected chi connectivity index (χ0v) is 11.6. The van der Waals surface area contributed by atoms with Crippen LogP contribution in [0.4, 0.5) is 0 Å². The molecule has 0 unspecified atom stereocenters. The predicted molar refractivity (Wildman–Crippen MR) is 55.8 cm³/mol. The molecule has 1 rings (SSSR count). The summed E-state index contributed by atoms with van der Waals surface area (Å²) in [7, 11) is 1.47. The van der Waals surface area contributed by atoms with E-state index in [-0.39, 0.29) is 45.9 Å². The van der Waals surface area contributed by atoms with Crippen molar-refractivity contribution in [2.24, 2.45) is 0 Å². The SMILES string of the molecule is COc1cc(/C=C/[C-]=O)ccc1O.[CH3-].[Y]. The molecular formula is C11H12O3Y-2. The van der Waals surface area contributed by atoms with Gasteiger partial charge in [0.2, 0.25) is 0 Å². The summed E-state index contributed by atoms with van der Waals surface area (Å²) in [5.41, 5.74) is 0.776. The number of carbonyl (C=O) groups excluding carboxylic acids is 1. The number of phenolic OH excluding ortho intramolecular Hbond substituents is 1. The van der Waals surface area contributed by atoms with Gasteiger partial charge in [0.15, 0.2) is 11.5 Å². The average Bonchev–Trinajstić information content (AvgIpc) is 2.16. The number of aromatic hydroxyl groups is 1. The topological polar surface area (TPSA) is 46.5 Å². The van der Waals surface area contributed by atoms with Gasteiger partial charge in [-0.15, -0.1) is 5.56 Å². The molecule has 0 aliphatic rings. The largest absolute Gasteiger partial charge is 0.504 e. The summed E-state index contributed by atoms with van der Waals surface area (Å²) in [5, 5.41) is 9.23. The van der Waals surface area contributed by atoms with Crippen molar-refractivity contribution < 1.29 is 47.3 Å². The molecule has 4 heteroatoms. The number of rotatable bonds is 3. The summed E-state index contributed by atoms with van der Waals surface area (Å²) < 4.78 is 4.88. The van der Waals surface area contributed by atoms with Crippen molar-refractivity contribution in [3.8, 4) is 11.5 Å². The molecule has 0 heterocycles. The summed E-state index contributed by atoms with van der Waals surface area (Å²) in [4.78, 5) is 9.91. The zero-order valence-electron chi connectivity index (χ0n) is 8.73. The quantitative estimate of drug-likeness (QED) is 0.680. The molecule has 0 spiro atoms. The molecule has 0 fully saturated rings. The Morgan fingerprint density at radius 3 is 2.67 bits per heavy atom. The van der Waals surface area contributed by atoms with Crippen LogP contribution in [0.5, 0.6) is 11.5 Å². The van der Waals surface area contributed by atoms with E-state index < -0.39 is 0 Å². The van der Waals surface area contributed by atoms with Crippen molar-refractivity contribution in [1.82, 2.24) is 0 Å². The first-order valence-corrected chi connectivity index (χ1v) is 3.69. The minimum Gasteiger partial charge on any atom is -0.504 e. The van der Waals surface area contributed by atoms with Crippen molar-refractivity contribution in [3.63, 3.8) is 0 Å². The van der Waals surface area contributed by atoms with Crippen molar-refractivity contribution in [1.29, 1.82) is 0 Å². The van der Waals surface area contributed by atoms with Gasteiger partial charge in [0.05, 0.1) is 7.11 Å². The maximum atomic E-state index is 9.91. The summed E-state index contributed by atoms with van der Waals surface area (Å²) in [6.07, 6.45) is 4.47. The number of ether oxygens (including phenoxy) is 1. The number of allylic oxidation sites excluding steroid dienone is 1. The molecule has 0 amide bonds. The van der Waals surface area contributed by atoms with Gasteiger partial charge in [-0.05, 0) is 18.4 Å². The van der Waals surface area contributed by atoms with E-state index in [4.69, 9.17) is 4.74 Å². The second-order valence-corrected chi connectivity index (χ2v) is 2.38. The predicted octanol–water partition coefficient (Wildman–Crippen LogP) is 1.97. The molecule has 0 aromatic heterocycles. The first-order chi connectivity index (χ1) is 6.27. The van der Waals surface area contributed by atoms with Crippen LogP contribution in [0.1, 0.15) is 5.56 Å². The summed E-state index contributed by atoms with van der Waals surface area (Å²) in [6, 6.07) is 4.80. The molecule has 0 saturated heterocycles. The smallest absolute Gasteiger partial charge is 0.159 e. The van der Waals surface area contributed by atoms with Crippen molar-refractivity contribution in [2.45, 2.75) is 0 Å². The van der Waals surface area contributed by atoms with E-state index in [1.54, 1.807) is 24.5 Å². The normalized spacial score (nSPS) is 8.87. The number of phenols is 1. The molecule has 1 radical (unpaired) electrons. The Kier molecular flexibility index (Phi) is 9.63. The van der Waals surface area contributed by atoms with E-state index in [1.165, 1.54) is 19.3 Å². The van der Waals surface area contributed by atoms with Crippen LogP contribution < -0.4 is 4.74 Å². The monoisotopic (exact) mass is 281 g/mol. The second-order valence-electron chi connectivity index (χ2n) is 2.38. The van der Waals surface area contributed by atoms with Gasteiger partial charge in [0.1, 0.15) is 0 Å². The fourth-order valence-electron chi connectivity index (χ4n) is 0.928. The number of hydrogen-bond donors (Lipinski definition) is 1. The van der Waals surface area contributed by atoms with Gasteiger partial charge in [-0.25, -0.2) is 0 Å². The standard InChI is InChI=1S/C10H9O3.CH3.Y/c1-13-10-7-8(3-2-6-11)4-5-9(10)12;;/h2-5,7,12H,1H3;1H3;/q2*-1;/b3-2+;;. The third-order valence-electron chi connectivity index (χ3n) is 1.55. The van der Waals surface area contributed by atoms with Crippen LogP contribution in [0, 0.1) is 7.43 Å². The van der Waals surface area contributed by atoms with Gasteiger partial charge in [-0.1, -0.05) is 6.07 Å². The van der Waals surface area contributed by atoms with Crippen LogP contribution >= 0.6 is 0 Å². The molecule has 79 valence electrons. The minimum absolute atomic E-state index is 0. The number of benzene rings is 1. The first kappa shape index (κ1) is 16.8. The van der Waals surface area contributed by atoms with Gasteiger partial charge < -0.3 is 22.1 Å². The summed E-state index contributed by atoms with van der Waals surface area (Å²) in [6.45, 7) is 0. The molecular weight excluding hydrogens is 269 g/mol. The minimum atomic E-state index is 0. The summed E-state index contributed by atoms with van der Waals surface area (Å²) >= 11 is 0. The number of hydrogen-bond acceptors (Lipinski definition) is 3. The molecule has 1 aromatic carbocycles. The van der Waals surface area contributed by atoms with Crippen LogP contribution in [0.25, 0.3) is 6.08 Å². The molecule has 0 aliphatic heterocycles. The first-order valence-electron chi connectivity index (χ1n) is 3.69. The van der Waals surface area contributed by atoms with E-state index >= 15 is 0 Å². The van der Waals surface area contributed by atoms with Crippen LogP contribution in [0.3, 0.4) is 0 Å². The average molecular weight is 281 g/mol. The van der Waals surface area contributed by atoms with E-state index in [0.29, 0.717) is 5.75 Å². The van der Waals surface area contributed by atoms with E-state index in [1.807, 2.05) is 0 Å². The van der Waals surface area contributed by atoms with Crippen LogP contribution in [-0.4, -0.2) is 18.5 Å². The molecule has 1 aromatic rings. The molecule has 1 N–H and O–H groups in total. The maximum absolute atomic E-state index is 9.91. The summed E-state index contributed by atoms with van der Waals surface area (Å²) in [5.74, 6) is 0.461. The van der Waals surface area contributed by atoms with Gasteiger partial charge in [0.25, 0.3) is 0 Å². The maximum Gasteiger partial charge on any atom is 0.159 e. The van der Waals surface area contributed by atoms with Gasteiger partial charge in [0, 0.05) is 32.7 Å².